The van der Waals surface area contributed by atoms with Crippen LogP contribution in [0, 0.1) is 0 Å². The van der Waals surface area contributed by atoms with Crippen molar-refractivity contribution in [2.24, 2.45) is 4.40 Å². The molecule has 6 heteroatoms. The van der Waals surface area contributed by atoms with Crippen LogP contribution in [0.15, 0.2) is 52.9 Å². The lowest BCUT2D eigenvalue weighted by Gasteiger charge is -2.13. The molecule has 0 saturated heterocycles. The van der Waals surface area contributed by atoms with Crippen LogP contribution in [0.2, 0.25) is 0 Å². The van der Waals surface area contributed by atoms with Crippen LogP contribution in [-0.4, -0.2) is 15.2 Å². The van der Waals surface area contributed by atoms with Crippen molar-refractivity contribution in [1.29, 1.82) is 0 Å². The highest BCUT2D eigenvalue weighted by atomic mass is 32.2. The number of benzene rings is 2. The van der Waals surface area contributed by atoms with E-state index in [9.17, 15) is 17.4 Å². The number of hydrogen-bond acceptors (Lipinski definition) is 1. The maximum atomic E-state index is 13.1. The summed E-state index contributed by atoms with van der Waals surface area (Å²) >= 11 is 0. The number of alkyl halides is 3. The Balaban J connectivity index is 2.48. The smallest absolute Gasteiger partial charge is 0.234 e. The minimum atomic E-state index is -4.46. The van der Waals surface area contributed by atoms with Gasteiger partial charge < -0.3 is 0 Å². The van der Waals surface area contributed by atoms with E-state index in [1.54, 1.807) is 57.2 Å². The molecule has 0 fully saturated rings. The van der Waals surface area contributed by atoms with Crippen molar-refractivity contribution in [3.05, 3.63) is 59.7 Å². The molecule has 0 aliphatic carbocycles. The zero-order valence-electron chi connectivity index (χ0n) is 13.6. The molecule has 1 atom stereocenters. The Morgan fingerprint density at radius 3 is 2.12 bits per heavy atom. The molecule has 0 aliphatic heterocycles. The van der Waals surface area contributed by atoms with Gasteiger partial charge in [0.25, 0.3) is 0 Å². The molecule has 2 aromatic carbocycles. The largest absolute Gasteiger partial charge is 0.416 e. The Kier molecular flexibility index (Phi) is 5.28. The molecule has 0 heterocycles. The van der Waals surface area contributed by atoms with Crippen molar-refractivity contribution in [2.75, 3.05) is 0 Å². The molecule has 0 aliphatic rings. The average molecular weight is 353 g/mol. The van der Waals surface area contributed by atoms with Gasteiger partial charge in [-0.1, -0.05) is 30.3 Å². The van der Waals surface area contributed by atoms with E-state index in [0.717, 1.165) is 12.1 Å². The van der Waals surface area contributed by atoms with E-state index in [4.69, 9.17) is 0 Å². The topological polar surface area (TPSA) is 29.4 Å². The molecule has 2 rings (SSSR count). The van der Waals surface area contributed by atoms with Crippen LogP contribution in [0.3, 0.4) is 0 Å². The van der Waals surface area contributed by atoms with Crippen LogP contribution in [0.5, 0.6) is 0 Å². The fourth-order valence-electron chi connectivity index (χ4n) is 1.95. The summed E-state index contributed by atoms with van der Waals surface area (Å²) in [6, 6.07) is 12.5. The standard InChI is InChI=1S/C18H18F3NOS/c1-17(2,3)24(23)22-12-13-9-15(14-7-5-4-6-8-14)11-16(10-13)18(19,20)21/h4-12H,1-3H3/b22-12+/t24-/m1/s1. The molecule has 128 valence electrons. The van der Waals surface area contributed by atoms with Crippen molar-refractivity contribution in [3.8, 4) is 11.1 Å². The van der Waals surface area contributed by atoms with Crippen LogP contribution < -0.4 is 0 Å². The summed E-state index contributed by atoms with van der Waals surface area (Å²) in [5, 5.41) is 0. The molecule has 0 aromatic heterocycles. The molecule has 0 unspecified atom stereocenters. The fourth-order valence-corrected chi connectivity index (χ4v) is 2.49. The van der Waals surface area contributed by atoms with Gasteiger partial charge in [-0.25, -0.2) is 4.21 Å². The Morgan fingerprint density at radius 1 is 0.958 bits per heavy atom. The van der Waals surface area contributed by atoms with Gasteiger partial charge in [0.15, 0.2) is 0 Å². The van der Waals surface area contributed by atoms with E-state index in [1.165, 1.54) is 6.21 Å². The average Bonchev–Trinajstić information content (AvgIpc) is 2.51. The normalized spacial score (nSPS) is 14.1. The summed E-state index contributed by atoms with van der Waals surface area (Å²) in [5.41, 5.74) is 0.622. The molecule has 2 nitrogen and oxygen atoms in total. The Labute approximate surface area is 142 Å². The molecule has 0 amide bonds. The highest BCUT2D eigenvalue weighted by Crippen LogP contribution is 2.33. The Hall–Kier alpha value is -1.95. The second kappa shape index (κ2) is 6.89. The molecule has 0 bridgehead atoms. The first kappa shape index (κ1) is 18.4. The van der Waals surface area contributed by atoms with Crippen LogP contribution in [0.4, 0.5) is 13.2 Å². The third-order valence-corrected chi connectivity index (χ3v) is 4.56. The number of hydrogen-bond donors (Lipinski definition) is 0. The zero-order chi connectivity index (χ0) is 18.0. The number of rotatable bonds is 3. The van der Waals surface area contributed by atoms with Gasteiger partial charge in [-0.2, -0.15) is 17.6 Å². The first-order chi connectivity index (χ1) is 11.1. The zero-order valence-corrected chi connectivity index (χ0v) is 14.4. The van der Waals surface area contributed by atoms with Crippen LogP contribution in [0.25, 0.3) is 11.1 Å². The van der Waals surface area contributed by atoms with Gasteiger partial charge in [-0.15, -0.1) is 0 Å². The Morgan fingerprint density at radius 2 is 1.58 bits per heavy atom. The van der Waals surface area contributed by atoms with Crippen molar-refractivity contribution in [3.63, 3.8) is 0 Å². The molecule has 0 N–H and O–H groups in total. The predicted molar refractivity (Wildman–Crippen MR) is 92.4 cm³/mol. The van der Waals surface area contributed by atoms with Gasteiger partial charge in [0.1, 0.15) is 11.0 Å². The third kappa shape index (κ3) is 4.77. The molecule has 0 radical (unpaired) electrons. The second-order valence-corrected chi connectivity index (χ2v) is 8.24. The van der Waals surface area contributed by atoms with Crippen molar-refractivity contribution in [1.82, 2.24) is 0 Å². The van der Waals surface area contributed by atoms with Gasteiger partial charge in [0.05, 0.1) is 10.3 Å². The van der Waals surface area contributed by atoms with E-state index in [1.807, 2.05) is 0 Å². The van der Waals surface area contributed by atoms with E-state index >= 15 is 0 Å². The van der Waals surface area contributed by atoms with Crippen molar-refractivity contribution < 1.29 is 17.4 Å². The van der Waals surface area contributed by atoms with Crippen molar-refractivity contribution >= 4 is 17.2 Å². The first-order valence-electron chi connectivity index (χ1n) is 7.31. The predicted octanol–water partition coefficient (Wildman–Crippen LogP) is 5.25. The fraction of sp³-hybridized carbons (Fsp3) is 0.278. The summed E-state index contributed by atoms with van der Waals surface area (Å²) in [5.74, 6) is 0. The molecule has 0 saturated carbocycles. The Bertz CT molecular complexity index is 762. The van der Waals surface area contributed by atoms with E-state index in [-0.39, 0.29) is 5.56 Å². The lowest BCUT2D eigenvalue weighted by molar-refractivity contribution is -0.137. The van der Waals surface area contributed by atoms with Gasteiger partial charge in [0, 0.05) is 6.21 Å². The van der Waals surface area contributed by atoms with Gasteiger partial charge >= 0.3 is 6.18 Å². The monoisotopic (exact) mass is 353 g/mol. The lowest BCUT2D eigenvalue weighted by atomic mass is 10.00. The molecule has 24 heavy (non-hydrogen) atoms. The van der Waals surface area contributed by atoms with Gasteiger partial charge in [-0.3, -0.25) is 0 Å². The molecular weight excluding hydrogens is 335 g/mol. The highest BCUT2D eigenvalue weighted by molar-refractivity contribution is 7.85. The second-order valence-electron chi connectivity index (χ2n) is 6.30. The lowest BCUT2D eigenvalue weighted by Crippen LogP contribution is -2.19. The first-order valence-corrected chi connectivity index (χ1v) is 8.42. The number of nitrogens with zero attached hydrogens (tertiary/aromatic N) is 1. The van der Waals surface area contributed by atoms with E-state index in [2.05, 4.69) is 4.40 Å². The summed E-state index contributed by atoms with van der Waals surface area (Å²) in [7, 11) is -1.53. The molecular formula is C18H18F3NOS. The summed E-state index contributed by atoms with van der Waals surface area (Å²) in [6.07, 6.45) is -3.22. The SMILES string of the molecule is CC(C)(C)[S@@](=O)/N=C/c1cc(-c2ccccc2)cc(C(F)(F)F)c1. The minimum Gasteiger partial charge on any atom is -0.234 e. The maximum absolute atomic E-state index is 13.1. The van der Waals surface area contributed by atoms with E-state index < -0.39 is 27.5 Å². The summed E-state index contributed by atoms with van der Waals surface area (Å²) < 4.78 is 54.7. The highest BCUT2D eigenvalue weighted by Gasteiger charge is 2.31. The summed E-state index contributed by atoms with van der Waals surface area (Å²) in [6.45, 7) is 5.26. The quantitative estimate of drug-likeness (QED) is 0.693. The van der Waals surface area contributed by atoms with Crippen molar-refractivity contribution in [2.45, 2.75) is 31.7 Å². The van der Waals surface area contributed by atoms with Gasteiger partial charge in [0.2, 0.25) is 0 Å². The van der Waals surface area contributed by atoms with Crippen LogP contribution in [0.1, 0.15) is 31.9 Å². The third-order valence-electron chi connectivity index (χ3n) is 3.21. The van der Waals surface area contributed by atoms with Crippen LogP contribution >= 0.6 is 0 Å². The van der Waals surface area contributed by atoms with Gasteiger partial charge in [-0.05, 0) is 55.7 Å². The number of halogens is 3. The minimum absolute atomic E-state index is 0.265. The molecule has 0 spiro atoms. The summed E-state index contributed by atoms with van der Waals surface area (Å²) in [4.78, 5) is 0. The maximum Gasteiger partial charge on any atom is 0.416 e. The van der Waals surface area contributed by atoms with Crippen LogP contribution in [-0.2, 0) is 17.2 Å². The van der Waals surface area contributed by atoms with E-state index in [0.29, 0.717) is 11.1 Å². The molecule has 2 aromatic rings.